The molecule has 0 radical (unpaired) electrons. The number of allylic oxidation sites excluding steroid dienone is 1. The number of ketones is 2. The van der Waals surface area contributed by atoms with Crippen molar-refractivity contribution in [3.05, 3.63) is 11.6 Å². The van der Waals surface area contributed by atoms with Crippen molar-refractivity contribution in [2.45, 2.75) is 71.8 Å². The van der Waals surface area contributed by atoms with E-state index >= 15 is 0 Å². The predicted octanol–water partition coefficient (Wildman–Crippen LogP) is 3.30. The minimum Gasteiger partial charge on any atom is -0.388 e. The average molecular weight is 375 g/mol. The van der Waals surface area contributed by atoms with Gasteiger partial charge in [0.1, 0.15) is 12.2 Å². The quantitative estimate of drug-likeness (QED) is 0.778. The molecule has 0 amide bonds. The molecule has 3 saturated carbocycles. The van der Waals surface area contributed by atoms with Gasteiger partial charge in [0.2, 0.25) is 0 Å². The van der Waals surface area contributed by atoms with E-state index in [2.05, 4.69) is 20.8 Å². The summed E-state index contributed by atoms with van der Waals surface area (Å²) in [6, 6.07) is 0. The number of aliphatic hydroxyl groups is 2. The first-order valence-electron chi connectivity index (χ1n) is 10.7. The number of rotatable bonds is 2. The maximum Gasteiger partial charge on any atom is 0.190 e. The van der Waals surface area contributed by atoms with E-state index < -0.39 is 23.4 Å². The molecule has 4 rings (SSSR count). The van der Waals surface area contributed by atoms with Crippen LogP contribution in [0.3, 0.4) is 0 Å². The third kappa shape index (κ3) is 2.29. The molecular formula is C23H34O4. The first-order valence-corrected chi connectivity index (χ1v) is 10.7. The van der Waals surface area contributed by atoms with E-state index in [0.29, 0.717) is 30.1 Å². The third-order valence-corrected chi connectivity index (χ3v) is 9.43. The molecule has 0 aromatic heterocycles. The second-order valence-electron chi connectivity index (χ2n) is 10.4. The summed E-state index contributed by atoms with van der Waals surface area (Å²) in [6.45, 7) is 8.08. The molecule has 0 spiro atoms. The number of fused-ring (bicyclic) bond motifs is 5. The number of aliphatic hydroxyl groups excluding tert-OH is 1. The Morgan fingerprint density at radius 3 is 2.56 bits per heavy atom. The van der Waals surface area contributed by atoms with Crippen molar-refractivity contribution < 1.29 is 19.8 Å². The first-order chi connectivity index (χ1) is 12.6. The van der Waals surface area contributed by atoms with E-state index in [1.54, 1.807) is 0 Å². The molecule has 2 N–H and O–H groups in total. The molecule has 4 aliphatic rings. The van der Waals surface area contributed by atoms with Gasteiger partial charge in [0.05, 0.1) is 0 Å². The highest BCUT2D eigenvalue weighted by molar-refractivity contribution is 5.92. The summed E-state index contributed by atoms with van der Waals surface area (Å²) in [4.78, 5) is 24.7. The summed E-state index contributed by atoms with van der Waals surface area (Å²) >= 11 is 0. The fourth-order valence-corrected chi connectivity index (χ4v) is 8.04. The van der Waals surface area contributed by atoms with Gasteiger partial charge in [-0.2, -0.15) is 0 Å². The topological polar surface area (TPSA) is 74.6 Å². The van der Waals surface area contributed by atoms with E-state index in [0.717, 1.165) is 32.1 Å². The van der Waals surface area contributed by atoms with Gasteiger partial charge < -0.3 is 10.2 Å². The summed E-state index contributed by atoms with van der Waals surface area (Å²) in [5.74, 6) is 1.40. The van der Waals surface area contributed by atoms with Crippen LogP contribution in [0.1, 0.15) is 66.2 Å². The Kier molecular flexibility index (Phi) is 4.29. The summed E-state index contributed by atoms with van der Waals surface area (Å²) in [5, 5.41) is 21.0. The standard InChI is InChI=1S/C23H34O4/c1-13-9-16-17(21(3)7-5-15(25)11-18(13)21)6-8-22(4)19(16)10-14(2)23(22,27)20(26)12-24/h11,13-14,16-17,19,24,27H,5-10,12H2,1-4H3/t13-,14+,16+,17-,19-,21+,22-,23-/m0/s1. The molecule has 27 heavy (non-hydrogen) atoms. The van der Waals surface area contributed by atoms with E-state index in [-0.39, 0.29) is 17.1 Å². The van der Waals surface area contributed by atoms with Crippen molar-refractivity contribution in [1.82, 2.24) is 0 Å². The van der Waals surface area contributed by atoms with Gasteiger partial charge in [0.15, 0.2) is 11.6 Å². The second-order valence-corrected chi connectivity index (χ2v) is 10.4. The lowest BCUT2D eigenvalue weighted by molar-refractivity contribution is -0.171. The van der Waals surface area contributed by atoms with Crippen LogP contribution in [-0.2, 0) is 9.59 Å². The Labute approximate surface area is 162 Å². The summed E-state index contributed by atoms with van der Waals surface area (Å²) in [5.41, 5.74) is -0.464. The molecule has 0 saturated heterocycles. The zero-order chi connectivity index (χ0) is 19.8. The van der Waals surface area contributed by atoms with Gasteiger partial charge in [0.25, 0.3) is 0 Å². The van der Waals surface area contributed by atoms with Crippen molar-refractivity contribution in [3.8, 4) is 0 Å². The van der Waals surface area contributed by atoms with Crippen molar-refractivity contribution in [2.75, 3.05) is 6.61 Å². The third-order valence-electron chi connectivity index (χ3n) is 9.43. The predicted molar refractivity (Wildman–Crippen MR) is 103 cm³/mol. The summed E-state index contributed by atoms with van der Waals surface area (Å²) in [6.07, 6.45) is 7.19. The van der Waals surface area contributed by atoms with Crippen LogP contribution in [0.4, 0.5) is 0 Å². The Bertz CT molecular complexity index is 711. The average Bonchev–Trinajstić information content (AvgIpc) is 2.84. The number of hydrogen-bond acceptors (Lipinski definition) is 4. The van der Waals surface area contributed by atoms with E-state index in [1.165, 1.54) is 5.57 Å². The van der Waals surface area contributed by atoms with Crippen molar-refractivity contribution in [1.29, 1.82) is 0 Å². The van der Waals surface area contributed by atoms with Gasteiger partial charge in [0, 0.05) is 11.8 Å². The smallest absolute Gasteiger partial charge is 0.190 e. The maximum atomic E-state index is 12.6. The first kappa shape index (κ1) is 19.3. The Balaban J connectivity index is 1.75. The lowest BCUT2D eigenvalue weighted by Crippen LogP contribution is -2.60. The Morgan fingerprint density at radius 1 is 1.19 bits per heavy atom. The van der Waals surface area contributed by atoms with Crippen molar-refractivity contribution in [2.24, 2.45) is 40.4 Å². The molecule has 0 unspecified atom stereocenters. The van der Waals surface area contributed by atoms with Gasteiger partial charge in [-0.25, -0.2) is 0 Å². The summed E-state index contributed by atoms with van der Waals surface area (Å²) in [7, 11) is 0. The van der Waals surface area contributed by atoms with Gasteiger partial charge in [-0.15, -0.1) is 0 Å². The summed E-state index contributed by atoms with van der Waals surface area (Å²) < 4.78 is 0. The number of Topliss-reactive ketones (excluding diaryl/α,β-unsaturated/α-hetero) is 1. The van der Waals surface area contributed by atoms with Crippen LogP contribution in [0.25, 0.3) is 0 Å². The van der Waals surface area contributed by atoms with E-state index in [1.807, 2.05) is 13.0 Å². The van der Waals surface area contributed by atoms with Gasteiger partial charge in [-0.1, -0.05) is 33.3 Å². The Hall–Kier alpha value is -1.00. The molecule has 0 aromatic rings. The fourth-order valence-electron chi connectivity index (χ4n) is 8.04. The zero-order valence-corrected chi connectivity index (χ0v) is 17.1. The van der Waals surface area contributed by atoms with Gasteiger partial charge in [-0.3, -0.25) is 9.59 Å². The molecule has 0 bridgehead atoms. The lowest BCUT2D eigenvalue weighted by atomic mass is 9.44. The fraction of sp³-hybridized carbons (Fsp3) is 0.826. The Morgan fingerprint density at radius 2 is 1.89 bits per heavy atom. The van der Waals surface area contributed by atoms with Crippen LogP contribution in [0.15, 0.2) is 11.6 Å². The monoisotopic (exact) mass is 374 g/mol. The molecule has 0 aliphatic heterocycles. The van der Waals surface area contributed by atoms with E-state index in [9.17, 15) is 19.8 Å². The molecule has 4 aliphatic carbocycles. The largest absolute Gasteiger partial charge is 0.388 e. The minimum absolute atomic E-state index is 0.0719. The highest BCUT2D eigenvalue weighted by Crippen LogP contribution is 2.69. The lowest BCUT2D eigenvalue weighted by Gasteiger charge is -2.60. The molecule has 8 atom stereocenters. The number of hydrogen-bond donors (Lipinski definition) is 2. The second kappa shape index (κ2) is 6.00. The molecule has 4 nitrogen and oxygen atoms in total. The number of carbonyl (C=O) groups excluding carboxylic acids is 2. The molecule has 0 heterocycles. The molecule has 150 valence electrons. The normalized spacial score (nSPS) is 51.9. The highest BCUT2D eigenvalue weighted by Gasteiger charge is 2.69. The van der Waals surface area contributed by atoms with Crippen LogP contribution in [-0.4, -0.2) is 34.0 Å². The molecular weight excluding hydrogens is 340 g/mol. The van der Waals surface area contributed by atoms with Crippen molar-refractivity contribution in [3.63, 3.8) is 0 Å². The number of carbonyl (C=O) groups is 2. The van der Waals surface area contributed by atoms with Gasteiger partial charge in [-0.05, 0) is 73.2 Å². The zero-order valence-electron chi connectivity index (χ0n) is 17.1. The molecule has 3 fully saturated rings. The molecule has 0 aromatic carbocycles. The minimum atomic E-state index is -1.42. The van der Waals surface area contributed by atoms with E-state index in [4.69, 9.17) is 0 Å². The SMILES string of the molecule is C[C@@H]1C[C@H]2[C@@H]3C[C@H](C)C4=CC(=O)CC[C@]4(C)[C@H]3CC[C@]2(C)[C@@]1(O)C(=O)CO. The van der Waals surface area contributed by atoms with Crippen LogP contribution in [0, 0.1) is 40.4 Å². The van der Waals surface area contributed by atoms with Crippen molar-refractivity contribution >= 4 is 11.6 Å². The van der Waals surface area contributed by atoms with Crippen LogP contribution in [0.5, 0.6) is 0 Å². The van der Waals surface area contributed by atoms with Crippen LogP contribution >= 0.6 is 0 Å². The van der Waals surface area contributed by atoms with Gasteiger partial charge >= 0.3 is 0 Å². The van der Waals surface area contributed by atoms with Crippen LogP contribution < -0.4 is 0 Å². The maximum absolute atomic E-state index is 12.6. The van der Waals surface area contributed by atoms with Crippen LogP contribution in [0.2, 0.25) is 0 Å². The highest BCUT2D eigenvalue weighted by atomic mass is 16.3. The molecule has 4 heteroatoms.